The van der Waals surface area contributed by atoms with Crippen molar-refractivity contribution < 1.29 is 8.42 Å². The molecule has 0 aliphatic carbocycles. The van der Waals surface area contributed by atoms with Crippen molar-refractivity contribution in [1.82, 2.24) is 19.9 Å². The summed E-state index contributed by atoms with van der Waals surface area (Å²) < 4.78 is 26.0. The van der Waals surface area contributed by atoms with Gasteiger partial charge in [-0.25, -0.2) is 22.7 Å². The van der Waals surface area contributed by atoms with Gasteiger partial charge in [0.1, 0.15) is 0 Å². The number of nitrogens with one attached hydrogen (secondary N) is 2. The van der Waals surface area contributed by atoms with Gasteiger partial charge < -0.3 is 10.6 Å². The van der Waals surface area contributed by atoms with E-state index in [1.54, 1.807) is 15.6 Å². The lowest BCUT2D eigenvalue weighted by Crippen LogP contribution is -2.50. The molecule has 1 aromatic heterocycles. The highest BCUT2D eigenvalue weighted by Crippen LogP contribution is 2.15. The van der Waals surface area contributed by atoms with Crippen LogP contribution in [0.4, 0.5) is 0 Å². The van der Waals surface area contributed by atoms with Crippen molar-refractivity contribution in [3.05, 3.63) is 16.1 Å². The summed E-state index contributed by atoms with van der Waals surface area (Å²) in [6.07, 6.45) is 3.20. The van der Waals surface area contributed by atoms with Crippen LogP contribution in [0.1, 0.15) is 50.7 Å². The zero-order valence-corrected chi connectivity index (χ0v) is 17.6. The van der Waals surface area contributed by atoms with Crippen LogP contribution < -0.4 is 10.6 Å². The first-order valence-corrected chi connectivity index (χ1v) is 11.9. The second-order valence-corrected chi connectivity index (χ2v) is 9.45. The molecule has 1 aliphatic heterocycles. The first kappa shape index (κ1) is 21.1. The summed E-state index contributed by atoms with van der Waals surface area (Å²) in [6.45, 7) is 8.52. The predicted octanol–water partition coefficient (Wildman–Crippen LogP) is 1.96. The van der Waals surface area contributed by atoms with Gasteiger partial charge >= 0.3 is 0 Å². The summed E-state index contributed by atoms with van der Waals surface area (Å²) in [4.78, 5) is 9.17. The molecule has 7 nitrogen and oxygen atoms in total. The van der Waals surface area contributed by atoms with E-state index in [1.807, 2.05) is 13.8 Å². The van der Waals surface area contributed by atoms with E-state index in [4.69, 9.17) is 0 Å². The Hall–Kier alpha value is -1.19. The Morgan fingerprint density at radius 1 is 1.35 bits per heavy atom. The van der Waals surface area contributed by atoms with Crippen LogP contribution in [-0.4, -0.2) is 55.1 Å². The smallest absolute Gasteiger partial charge is 0.214 e. The number of rotatable bonds is 8. The SMILES string of the molecule is CCCS(=O)(=O)N1CCC(NC(=NCc2csc(CC)n2)NCC)CC1. The van der Waals surface area contributed by atoms with E-state index < -0.39 is 10.0 Å². The van der Waals surface area contributed by atoms with Gasteiger partial charge in [0.25, 0.3) is 0 Å². The Morgan fingerprint density at radius 3 is 2.65 bits per heavy atom. The van der Waals surface area contributed by atoms with E-state index in [1.165, 1.54) is 0 Å². The van der Waals surface area contributed by atoms with Crippen LogP contribution >= 0.6 is 11.3 Å². The number of piperidine rings is 1. The first-order chi connectivity index (χ1) is 12.5. The van der Waals surface area contributed by atoms with Gasteiger partial charge in [0.2, 0.25) is 10.0 Å². The third-order valence-electron chi connectivity index (χ3n) is 4.30. The lowest BCUT2D eigenvalue weighted by molar-refractivity contribution is 0.306. The van der Waals surface area contributed by atoms with E-state index in [9.17, 15) is 8.42 Å². The molecular weight excluding hydrogens is 370 g/mol. The monoisotopic (exact) mass is 401 g/mol. The summed E-state index contributed by atoms with van der Waals surface area (Å²) >= 11 is 1.67. The van der Waals surface area contributed by atoms with Crippen molar-refractivity contribution >= 4 is 27.3 Å². The molecular formula is C17H31N5O2S2. The van der Waals surface area contributed by atoms with Crippen molar-refractivity contribution in [3.8, 4) is 0 Å². The largest absolute Gasteiger partial charge is 0.357 e. The molecule has 26 heavy (non-hydrogen) atoms. The van der Waals surface area contributed by atoms with Gasteiger partial charge in [0.05, 0.1) is 23.0 Å². The number of aryl methyl sites for hydroxylation is 1. The Kier molecular flexibility index (Phi) is 8.30. The maximum atomic E-state index is 12.2. The van der Waals surface area contributed by atoms with Crippen LogP contribution in [0.3, 0.4) is 0 Å². The Labute approximate surface area is 161 Å². The quantitative estimate of drug-likeness (QED) is 0.514. The number of aliphatic imine (C=N–C) groups is 1. The summed E-state index contributed by atoms with van der Waals surface area (Å²) in [6, 6.07) is 0.238. The molecule has 1 aliphatic rings. The standard InChI is InChI=1S/C17H31N5O2S2/c1-4-11-26(23,24)22-9-7-14(8-10-22)21-17(18-6-3)19-12-15-13-25-16(5-2)20-15/h13-14H,4-12H2,1-3H3,(H2,18,19,21). The number of hydrogen-bond acceptors (Lipinski definition) is 5. The third-order valence-corrected chi connectivity index (χ3v) is 7.41. The average molecular weight is 402 g/mol. The lowest BCUT2D eigenvalue weighted by Gasteiger charge is -2.32. The maximum absolute atomic E-state index is 12.2. The molecule has 1 aromatic rings. The van der Waals surface area contributed by atoms with Gasteiger partial charge in [0.15, 0.2) is 5.96 Å². The predicted molar refractivity (Wildman–Crippen MR) is 108 cm³/mol. The van der Waals surface area contributed by atoms with Crippen LogP contribution in [0.5, 0.6) is 0 Å². The van der Waals surface area contributed by atoms with Crippen molar-refractivity contribution in [2.45, 2.75) is 59.0 Å². The van der Waals surface area contributed by atoms with E-state index >= 15 is 0 Å². The summed E-state index contributed by atoms with van der Waals surface area (Å²) in [5, 5.41) is 9.90. The van der Waals surface area contributed by atoms with E-state index in [0.29, 0.717) is 26.1 Å². The molecule has 0 amide bonds. The van der Waals surface area contributed by atoms with Gasteiger partial charge in [-0.1, -0.05) is 13.8 Å². The molecule has 2 heterocycles. The van der Waals surface area contributed by atoms with Crippen LogP contribution in [-0.2, 0) is 23.0 Å². The highest BCUT2D eigenvalue weighted by Gasteiger charge is 2.27. The molecule has 2 rings (SSSR count). The van der Waals surface area contributed by atoms with Gasteiger partial charge in [0, 0.05) is 31.1 Å². The van der Waals surface area contributed by atoms with Crippen molar-refractivity contribution in [2.75, 3.05) is 25.4 Å². The zero-order valence-electron chi connectivity index (χ0n) is 16.0. The topological polar surface area (TPSA) is 86.7 Å². The second kappa shape index (κ2) is 10.2. The van der Waals surface area contributed by atoms with Gasteiger partial charge in [-0.05, 0) is 32.6 Å². The minimum atomic E-state index is -3.09. The Balaban J connectivity index is 1.89. The van der Waals surface area contributed by atoms with Crippen molar-refractivity contribution in [3.63, 3.8) is 0 Å². The Bertz CT molecular complexity index is 679. The minimum absolute atomic E-state index is 0.238. The highest BCUT2D eigenvalue weighted by atomic mass is 32.2. The molecule has 0 aromatic carbocycles. The molecule has 1 fully saturated rings. The van der Waals surface area contributed by atoms with Crippen LogP contribution in [0.2, 0.25) is 0 Å². The average Bonchev–Trinajstić information content (AvgIpc) is 3.08. The van der Waals surface area contributed by atoms with Gasteiger partial charge in [-0.15, -0.1) is 11.3 Å². The number of thiazole rings is 1. The number of guanidine groups is 1. The summed E-state index contributed by atoms with van der Waals surface area (Å²) in [5.41, 5.74) is 0.990. The molecule has 148 valence electrons. The van der Waals surface area contributed by atoms with E-state index in [2.05, 4.69) is 32.9 Å². The first-order valence-electron chi connectivity index (χ1n) is 9.44. The molecule has 0 saturated carbocycles. The fourth-order valence-electron chi connectivity index (χ4n) is 2.92. The molecule has 1 saturated heterocycles. The molecule has 2 N–H and O–H groups in total. The maximum Gasteiger partial charge on any atom is 0.214 e. The molecule has 0 spiro atoms. The number of aromatic nitrogens is 1. The van der Waals surface area contributed by atoms with Crippen molar-refractivity contribution in [1.29, 1.82) is 0 Å². The minimum Gasteiger partial charge on any atom is -0.357 e. The number of nitrogens with zero attached hydrogens (tertiary/aromatic N) is 3. The third kappa shape index (κ3) is 6.21. The fraction of sp³-hybridized carbons (Fsp3) is 0.765. The van der Waals surface area contributed by atoms with Crippen LogP contribution in [0, 0.1) is 0 Å². The Morgan fingerprint density at radius 2 is 2.08 bits per heavy atom. The summed E-state index contributed by atoms with van der Waals surface area (Å²) in [5.74, 6) is 1.01. The number of sulfonamides is 1. The van der Waals surface area contributed by atoms with Crippen LogP contribution in [0.15, 0.2) is 10.4 Å². The zero-order chi connectivity index (χ0) is 19.0. The number of hydrogen-bond donors (Lipinski definition) is 2. The highest BCUT2D eigenvalue weighted by molar-refractivity contribution is 7.89. The molecule has 0 atom stereocenters. The van der Waals surface area contributed by atoms with E-state index in [0.717, 1.165) is 42.5 Å². The van der Waals surface area contributed by atoms with Gasteiger partial charge in [-0.3, -0.25) is 0 Å². The normalized spacial score (nSPS) is 17.4. The molecule has 0 radical (unpaired) electrons. The van der Waals surface area contributed by atoms with Crippen LogP contribution in [0.25, 0.3) is 0 Å². The van der Waals surface area contributed by atoms with Gasteiger partial charge in [-0.2, -0.15) is 0 Å². The lowest BCUT2D eigenvalue weighted by atomic mass is 10.1. The molecule has 9 heteroatoms. The summed E-state index contributed by atoms with van der Waals surface area (Å²) in [7, 11) is -3.09. The van der Waals surface area contributed by atoms with E-state index in [-0.39, 0.29) is 11.8 Å². The molecule has 0 unspecified atom stereocenters. The van der Waals surface area contributed by atoms with Crippen molar-refractivity contribution in [2.24, 2.45) is 4.99 Å². The fourth-order valence-corrected chi connectivity index (χ4v) is 5.20. The second-order valence-electron chi connectivity index (χ2n) is 6.41. The molecule has 0 bridgehead atoms.